The fraction of sp³-hybridized carbons (Fsp3) is 0.185. The molecule has 0 aliphatic rings. The first-order valence-corrected chi connectivity index (χ1v) is 10.8. The lowest BCUT2D eigenvalue weighted by molar-refractivity contribution is -0.119. The van der Waals surface area contributed by atoms with Crippen LogP contribution in [0.5, 0.6) is 0 Å². The van der Waals surface area contributed by atoms with Gasteiger partial charge >= 0.3 is 0 Å². The number of hydrogen-bond acceptors (Lipinski definition) is 3. The zero-order valence-corrected chi connectivity index (χ0v) is 18.1. The van der Waals surface area contributed by atoms with E-state index in [0.29, 0.717) is 18.5 Å². The number of aromatic amines is 1. The van der Waals surface area contributed by atoms with Crippen LogP contribution in [0.4, 0.5) is 0 Å². The third-order valence-electron chi connectivity index (χ3n) is 5.68. The van der Waals surface area contributed by atoms with Crippen molar-refractivity contribution in [3.63, 3.8) is 0 Å². The van der Waals surface area contributed by atoms with Gasteiger partial charge < -0.3 is 15.6 Å². The Kier molecular flexibility index (Phi) is 6.78. The summed E-state index contributed by atoms with van der Waals surface area (Å²) in [6, 6.07) is 25.3. The number of Topliss-reactive ketones (excluding diaryl/α,β-unsaturated/α-hetero) is 1. The van der Waals surface area contributed by atoms with E-state index in [1.807, 2.05) is 78.9 Å². The van der Waals surface area contributed by atoms with E-state index in [0.717, 1.165) is 34.0 Å². The minimum atomic E-state index is -0.428. The first kappa shape index (κ1) is 21.5. The molecule has 5 nitrogen and oxygen atoms in total. The largest absolute Gasteiger partial charge is 0.360 e. The summed E-state index contributed by atoms with van der Waals surface area (Å²) in [7, 11) is 1.64. The minimum absolute atomic E-state index is 0.000845. The van der Waals surface area contributed by atoms with Crippen molar-refractivity contribution in [3.8, 4) is 0 Å². The molecule has 1 amide bonds. The van der Waals surface area contributed by atoms with Crippen molar-refractivity contribution in [2.45, 2.75) is 18.9 Å². The van der Waals surface area contributed by atoms with Crippen molar-refractivity contribution in [1.29, 1.82) is 0 Å². The summed E-state index contributed by atoms with van der Waals surface area (Å²) in [6.07, 6.45) is 2.96. The average Bonchev–Trinajstić information content (AvgIpc) is 3.27. The number of aromatic nitrogens is 1. The molecule has 0 saturated heterocycles. The number of para-hydroxylation sites is 1. The van der Waals surface area contributed by atoms with E-state index >= 15 is 0 Å². The van der Waals surface area contributed by atoms with E-state index in [2.05, 4.69) is 15.6 Å². The number of likely N-dealkylation sites (N-methyl/N-ethyl adjacent to an activating group) is 1. The molecule has 0 aliphatic heterocycles. The first-order chi connectivity index (χ1) is 15.7. The Morgan fingerprint density at radius 1 is 0.875 bits per heavy atom. The van der Waals surface area contributed by atoms with Crippen LogP contribution >= 0.6 is 0 Å². The van der Waals surface area contributed by atoms with Crippen LogP contribution in [0.15, 0.2) is 85.1 Å². The lowest BCUT2D eigenvalue weighted by Crippen LogP contribution is -2.30. The molecule has 0 aliphatic carbocycles. The number of carbonyl (C=O) groups is 2. The molecule has 1 aromatic heterocycles. The monoisotopic (exact) mass is 425 g/mol. The van der Waals surface area contributed by atoms with Gasteiger partial charge in [0.25, 0.3) is 0 Å². The van der Waals surface area contributed by atoms with Gasteiger partial charge in [0.05, 0.1) is 12.5 Å². The molecule has 32 heavy (non-hydrogen) atoms. The van der Waals surface area contributed by atoms with Crippen molar-refractivity contribution in [3.05, 3.63) is 107 Å². The van der Waals surface area contributed by atoms with Crippen LogP contribution in [-0.2, 0) is 17.6 Å². The van der Waals surface area contributed by atoms with Gasteiger partial charge in [-0.05, 0) is 29.2 Å². The summed E-state index contributed by atoms with van der Waals surface area (Å²) in [5, 5.41) is 7.04. The van der Waals surface area contributed by atoms with Crippen molar-refractivity contribution in [2.75, 3.05) is 13.6 Å². The fourth-order valence-electron chi connectivity index (χ4n) is 3.90. The number of fused-ring (bicyclic) bond motifs is 1. The highest BCUT2D eigenvalue weighted by molar-refractivity contribution is 6.10. The molecule has 4 rings (SSSR count). The molecule has 1 heterocycles. The van der Waals surface area contributed by atoms with Gasteiger partial charge in [0, 0.05) is 36.3 Å². The summed E-state index contributed by atoms with van der Waals surface area (Å²) in [6.45, 7) is 0.655. The molecule has 0 unspecified atom stereocenters. The van der Waals surface area contributed by atoms with Gasteiger partial charge in [-0.15, -0.1) is 0 Å². The summed E-state index contributed by atoms with van der Waals surface area (Å²) < 4.78 is 0. The third kappa shape index (κ3) is 4.95. The van der Waals surface area contributed by atoms with Crippen LogP contribution in [0.1, 0.15) is 33.1 Å². The van der Waals surface area contributed by atoms with Crippen molar-refractivity contribution in [1.82, 2.24) is 15.6 Å². The number of amides is 1. The Hall–Kier alpha value is -3.70. The Morgan fingerprint density at radius 2 is 1.56 bits per heavy atom. The van der Waals surface area contributed by atoms with Crippen LogP contribution < -0.4 is 10.6 Å². The molecule has 0 bridgehead atoms. The molecule has 0 saturated carbocycles. The summed E-state index contributed by atoms with van der Waals surface area (Å²) >= 11 is 0. The number of carbonyl (C=O) groups excluding carboxylic acids is 2. The summed E-state index contributed by atoms with van der Waals surface area (Å²) in [4.78, 5) is 28.3. The van der Waals surface area contributed by atoms with Crippen LogP contribution in [0.2, 0.25) is 0 Å². The summed E-state index contributed by atoms with van der Waals surface area (Å²) in [5.41, 5.74) is 4.74. The zero-order chi connectivity index (χ0) is 22.3. The maximum absolute atomic E-state index is 13.5. The maximum Gasteiger partial charge on any atom is 0.224 e. The van der Waals surface area contributed by atoms with Gasteiger partial charge in [0.2, 0.25) is 5.91 Å². The number of hydrogen-bond donors (Lipinski definition) is 3. The van der Waals surface area contributed by atoms with Crippen LogP contribution in [0, 0.1) is 0 Å². The lowest BCUT2D eigenvalue weighted by atomic mass is 9.96. The minimum Gasteiger partial charge on any atom is -0.360 e. The smallest absolute Gasteiger partial charge is 0.224 e. The van der Waals surface area contributed by atoms with E-state index in [-0.39, 0.29) is 11.7 Å². The Labute approximate surface area is 187 Å². The molecule has 3 aromatic carbocycles. The number of rotatable bonds is 9. The van der Waals surface area contributed by atoms with Crippen LogP contribution in [0.3, 0.4) is 0 Å². The normalized spacial score (nSPS) is 11.9. The average molecular weight is 426 g/mol. The summed E-state index contributed by atoms with van der Waals surface area (Å²) in [5.74, 6) is 0.0514. The van der Waals surface area contributed by atoms with Crippen LogP contribution in [0.25, 0.3) is 10.9 Å². The molecule has 5 heteroatoms. The number of H-pyrrole nitrogens is 1. The SMILES string of the molecule is CNC(=O)Cc1ccc(CCN[C@@H](C(=O)c2c[nH]c3ccccc23)c2ccccc2)cc1. The van der Waals surface area contributed by atoms with Gasteiger partial charge in [-0.1, -0.05) is 72.8 Å². The van der Waals surface area contributed by atoms with E-state index < -0.39 is 6.04 Å². The Morgan fingerprint density at radius 3 is 2.31 bits per heavy atom. The Bertz CT molecular complexity index is 1200. The molecule has 1 atom stereocenters. The molecule has 0 spiro atoms. The van der Waals surface area contributed by atoms with Gasteiger partial charge in [-0.25, -0.2) is 0 Å². The topological polar surface area (TPSA) is 74.0 Å². The number of benzene rings is 3. The highest BCUT2D eigenvalue weighted by Crippen LogP contribution is 2.24. The van der Waals surface area contributed by atoms with Crippen molar-refractivity contribution in [2.24, 2.45) is 0 Å². The molecule has 0 fully saturated rings. The van der Waals surface area contributed by atoms with Gasteiger partial charge in [0.1, 0.15) is 0 Å². The Balaban J connectivity index is 1.47. The second kappa shape index (κ2) is 10.1. The molecule has 4 aromatic rings. The van der Waals surface area contributed by atoms with Crippen molar-refractivity contribution >= 4 is 22.6 Å². The van der Waals surface area contributed by atoms with Gasteiger partial charge in [0.15, 0.2) is 5.78 Å². The first-order valence-electron chi connectivity index (χ1n) is 10.8. The number of nitrogens with one attached hydrogen (secondary N) is 3. The van der Waals surface area contributed by atoms with E-state index in [9.17, 15) is 9.59 Å². The molecule has 3 N–H and O–H groups in total. The lowest BCUT2D eigenvalue weighted by Gasteiger charge is -2.18. The van der Waals surface area contributed by atoms with Gasteiger partial charge in [-0.3, -0.25) is 9.59 Å². The molecular formula is C27H27N3O2. The maximum atomic E-state index is 13.5. The second-order valence-electron chi connectivity index (χ2n) is 7.83. The second-order valence-corrected chi connectivity index (χ2v) is 7.83. The quantitative estimate of drug-likeness (QED) is 0.352. The van der Waals surface area contributed by atoms with E-state index in [1.165, 1.54) is 0 Å². The van der Waals surface area contributed by atoms with Gasteiger partial charge in [-0.2, -0.15) is 0 Å². The standard InChI is InChI=1S/C27H27N3O2/c1-28-25(31)17-20-13-11-19(12-14-20)15-16-29-26(21-7-3-2-4-8-21)27(32)23-18-30-24-10-6-5-9-22(23)24/h2-14,18,26,29-30H,15-17H2,1H3,(H,28,31)/t26-/m1/s1. The van der Waals surface area contributed by atoms with E-state index in [4.69, 9.17) is 0 Å². The van der Waals surface area contributed by atoms with E-state index in [1.54, 1.807) is 13.2 Å². The predicted octanol–water partition coefficient (Wildman–Crippen LogP) is 4.21. The fourth-order valence-corrected chi connectivity index (χ4v) is 3.90. The highest BCUT2D eigenvalue weighted by Gasteiger charge is 2.23. The predicted molar refractivity (Wildman–Crippen MR) is 128 cm³/mol. The molecule has 162 valence electrons. The zero-order valence-electron chi connectivity index (χ0n) is 18.1. The third-order valence-corrected chi connectivity index (χ3v) is 5.68. The highest BCUT2D eigenvalue weighted by atomic mass is 16.1. The van der Waals surface area contributed by atoms with Crippen LogP contribution in [-0.4, -0.2) is 30.3 Å². The van der Waals surface area contributed by atoms with Crippen molar-refractivity contribution < 1.29 is 9.59 Å². The number of ketones is 1. The molecular weight excluding hydrogens is 398 g/mol. The molecule has 0 radical (unpaired) electrons.